The third kappa shape index (κ3) is 6.18. The van der Waals surface area contributed by atoms with Gasteiger partial charge in [-0.2, -0.15) is 0 Å². The molecule has 3 nitrogen and oxygen atoms in total. The average molecular weight is 311 g/mol. The lowest BCUT2D eigenvalue weighted by atomic mass is 9.76. The van der Waals surface area contributed by atoms with E-state index in [2.05, 4.69) is 32.2 Å². The molecule has 0 aliphatic heterocycles. The summed E-state index contributed by atoms with van der Waals surface area (Å²) in [6.07, 6.45) is 2.55. The molecule has 0 saturated heterocycles. The summed E-state index contributed by atoms with van der Waals surface area (Å²) in [7, 11) is 0. The molecule has 0 saturated carbocycles. The molecule has 0 fully saturated rings. The maximum atomic E-state index is 12.4. The second kappa shape index (κ2) is 8.54. The van der Waals surface area contributed by atoms with E-state index in [9.17, 15) is 4.79 Å². The molecule has 2 N–H and O–H groups in total. The zero-order valence-corrected chi connectivity index (χ0v) is 14.7. The second-order valence-electron chi connectivity index (χ2n) is 6.67. The standard InChI is InChI=1S/C17H30N2OS/c1-5-19(13-15-7-6-12-21-15)16(20)9-8-14(10-11-18)17(2,3)4/h6-7,12,14H,5,8-11,13,18H2,1-4H3. The minimum atomic E-state index is 0.213. The van der Waals surface area contributed by atoms with Crippen molar-refractivity contribution in [3.63, 3.8) is 0 Å². The Morgan fingerprint density at radius 1 is 1.38 bits per heavy atom. The SMILES string of the molecule is CCN(Cc1cccs1)C(=O)CCC(CCN)C(C)(C)C. The molecule has 0 spiro atoms. The summed E-state index contributed by atoms with van der Waals surface area (Å²) in [5, 5.41) is 2.06. The van der Waals surface area contributed by atoms with E-state index in [0.717, 1.165) is 25.9 Å². The van der Waals surface area contributed by atoms with E-state index in [1.54, 1.807) is 11.3 Å². The van der Waals surface area contributed by atoms with Crippen molar-refractivity contribution in [2.24, 2.45) is 17.1 Å². The number of amides is 1. The molecule has 0 aliphatic carbocycles. The van der Waals surface area contributed by atoms with Crippen molar-refractivity contribution >= 4 is 17.2 Å². The molecule has 1 aromatic heterocycles. The van der Waals surface area contributed by atoms with Crippen LogP contribution in [0.15, 0.2) is 17.5 Å². The molecule has 0 radical (unpaired) electrons. The highest BCUT2D eigenvalue weighted by Crippen LogP contribution is 2.32. The molecule has 0 bridgehead atoms. The number of hydrogen-bond donors (Lipinski definition) is 1. The number of nitrogens with zero attached hydrogens (tertiary/aromatic N) is 1. The Morgan fingerprint density at radius 2 is 2.10 bits per heavy atom. The van der Waals surface area contributed by atoms with Gasteiger partial charge in [-0.25, -0.2) is 0 Å². The highest BCUT2D eigenvalue weighted by Gasteiger charge is 2.25. The molecular weight excluding hydrogens is 280 g/mol. The van der Waals surface area contributed by atoms with Gasteiger partial charge in [0, 0.05) is 17.8 Å². The largest absolute Gasteiger partial charge is 0.338 e. The van der Waals surface area contributed by atoms with E-state index in [1.807, 2.05) is 17.9 Å². The van der Waals surface area contributed by atoms with Gasteiger partial charge in [-0.1, -0.05) is 26.8 Å². The molecule has 0 aliphatic rings. The first kappa shape index (κ1) is 18.2. The van der Waals surface area contributed by atoms with Crippen LogP contribution in [0.4, 0.5) is 0 Å². The fraction of sp³-hybridized carbons (Fsp3) is 0.706. The van der Waals surface area contributed by atoms with E-state index in [-0.39, 0.29) is 11.3 Å². The first-order valence-corrected chi connectivity index (χ1v) is 8.76. The maximum absolute atomic E-state index is 12.4. The van der Waals surface area contributed by atoms with Crippen LogP contribution in [0.25, 0.3) is 0 Å². The molecule has 1 atom stereocenters. The Balaban J connectivity index is 2.53. The van der Waals surface area contributed by atoms with E-state index in [4.69, 9.17) is 5.73 Å². The molecular formula is C17H30N2OS. The first-order valence-electron chi connectivity index (χ1n) is 7.88. The van der Waals surface area contributed by atoms with Gasteiger partial charge in [-0.3, -0.25) is 4.79 Å². The molecule has 0 aromatic carbocycles. The van der Waals surface area contributed by atoms with Crippen LogP contribution in [-0.4, -0.2) is 23.9 Å². The fourth-order valence-corrected chi connectivity index (χ4v) is 3.35. The monoisotopic (exact) mass is 310 g/mol. The predicted octanol–water partition coefficient (Wildman–Crippen LogP) is 3.89. The Morgan fingerprint density at radius 3 is 2.57 bits per heavy atom. The zero-order chi connectivity index (χ0) is 15.9. The number of carbonyl (C=O) groups excluding carboxylic acids is 1. The number of thiophene rings is 1. The summed E-state index contributed by atoms with van der Waals surface area (Å²) < 4.78 is 0. The van der Waals surface area contributed by atoms with Crippen molar-refractivity contribution in [2.45, 2.75) is 53.5 Å². The number of carbonyl (C=O) groups is 1. The zero-order valence-electron chi connectivity index (χ0n) is 13.9. The van der Waals surface area contributed by atoms with Gasteiger partial charge < -0.3 is 10.6 Å². The van der Waals surface area contributed by atoms with Crippen LogP contribution in [0.1, 0.15) is 51.8 Å². The highest BCUT2D eigenvalue weighted by atomic mass is 32.1. The van der Waals surface area contributed by atoms with Crippen molar-refractivity contribution in [3.05, 3.63) is 22.4 Å². The van der Waals surface area contributed by atoms with Crippen LogP contribution in [0.2, 0.25) is 0 Å². The van der Waals surface area contributed by atoms with Crippen molar-refractivity contribution in [3.8, 4) is 0 Å². The molecule has 21 heavy (non-hydrogen) atoms. The number of nitrogens with two attached hydrogens (primary N) is 1. The minimum absolute atomic E-state index is 0.213. The summed E-state index contributed by atoms with van der Waals surface area (Å²) >= 11 is 1.71. The summed E-state index contributed by atoms with van der Waals surface area (Å²) in [5.74, 6) is 0.768. The predicted molar refractivity (Wildman–Crippen MR) is 91.3 cm³/mol. The van der Waals surface area contributed by atoms with Crippen LogP contribution in [0.5, 0.6) is 0 Å². The van der Waals surface area contributed by atoms with E-state index >= 15 is 0 Å². The minimum Gasteiger partial charge on any atom is -0.338 e. The summed E-state index contributed by atoms with van der Waals surface area (Å²) in [5.41, 5.74) is 5.93. The smallest absolute Gasteiger partial charge is 0.222 e. The normalized spacial score (nSPS) is 13.2. The topological polar surface area (TPSA) is 46.3 Å². The molecule has 1 rings (SSSR count). The van der Waals surface area contributed by atoms with Gasteiger partial charge in [0.05, 0.1) is 6.54 Å². The van der Waals surface area contributed by atoms with Gasteiger partial charge in [0.1, 0.15) is 0 Å². The van der Waals surface area contributed by atoms with Crippen molar-refractivity contribution in [1.82, 2.24) is 4.90 Å². The lowest BCUT2D eigenvalue weighted by molar-refractivity contribution is -0.132. The molecule has 4 heteroatoms. The van der Waals surface area contributed by atoms with E-state index < -0.39 is 0 Å². The Labute approximate surface area is 133 Å². The summed E-state index contributed by atoms with van der Waals surface area (Å²) in [6.45, 7) is 11.0. The summed E-state index contributed by atoms with van der Waals surface area (Å²) in [4.78, 5) is 15.6. The fourth-order valence-electron chi connectivity index (χ4n) is 2.63. The van der Waals surface area contributed by atoms with E-state index in [0.29, 0.717) is 18.9 Å². The quantitative estimate of drug-likeness (QED) is 0.792. The van der Waals surface area contributed by atoms with Gasteiger partial charge in [0.25, 0.3) is 0 Å². The van der Waals surface area contributed by atoms with Crippen LogP contribution >= 0.6 is 11.3 Å². The third-order valence-electron chi connectivity index (χ3n) is 4.11. The van der Waals surface area contributed by atoms with Gasteiger partial charge in [0.2, 0.25) is 5.91 Å². The van der Waals surface area contributed by atoms with Gasteiger partial charge in [0.15, 0.2) is 0 Å². The van der Waals surface area contributed by atoms with Gasteiger partial charge in [-0.05, 0) is 49.1 Å². The molecule has 1 unspecified atom stereocenters. The number of rotatable bonds is 8. The van der Waals surface area contributed by atoms with Crippen molar-refractivity contribution in [2.75, 3.05) is 13.1 Å². The molecule has 120 valence electrons. The molecule has 1 heterocycles. The van der Waals surface area contributed by atoms with Gasteiger partial charge in [-0.15, -0.1) is 11.3 Å². The Hall–Kier alpha value is -0.870. The van der Waals surface area contributed by atoms with Crippen LogP contribution < -0.4 is 5.73 Å². The van der Waals surface area contributed by atoms with Crippen molar-refractivity contribution in [1.29, 1.82) is 0 Å². The first-order chi connectivity index (χ1) is 9.88. The van der Waals surface area contributed by atoms with Crippen LogP contribution in [0, 0.1) is 11.3 Å². The Kier molecular flexibility index (Phi) is 7.40. The van der Waals surface area contributed by atoms with Crippen LogP contribution in [-0.2, 0) is 11.3 Å². The second-order valence-corrected chi connectivity index (χ2v) is 7.70. The third-order valence-corrected chi connectivity index (χ3v) is 4.97. The Bertz CT molecular complexity index is 409. The maximum Gasteiger partial charge on any atom is 0.222 e. The van der Waals surface area contributed by atoms with Crippen molar-refractivity contribution < 1.29 is 4.79 Å². The number of hydrogen-bond acceptors (Lipinski definition) is 3. The van der Waals surface area contributed by atoms with Crippen LogP contribution in [0.3, 0.4) is 0 Å². The van der Waals surface area contributed by atoms with E-state index in [1.165, 1.54) is 4.88 Å². The molecule has 1 amide bonds. The molecule has 1 aromatic rings. The lowest BCUT2D eigenvalue weighted by Gasteiger charge is -2.31. The average Bonchev–Trinajstić information content (AvgIpc) is 2.92. The lowest BCUT2D eigenvalue weighted by Crippen LogP contribution is -2.31. The van der Waals surface area contributed by atoms with Gasteiger partial charge >= 0.3 is 0 Å². The summed E-state index contributed by atoms with van der Waals surface area (Å²) in [6, 6.07) is 4.13. The highest BCUT2D eigenvalue weighted by molar-refractivity contribution is 7.09.